The maximum absolute atomic E-state index is 11.9. The van der Waals surface area contributed by atoms with Gasteiger partial charge in [0.2, 0.25) is 0 Å². The van der Waals surface area contributed by atoms with Crippen molar-refractivity contribution in [2.24, 2.45) is 0 Å². The number of halogens is 1. The van der Waals surface area contributed by atoms with Crippen molar-refractivity contribution in [3.05, 3.63) is 22.2 Å². The van der Waals surface area contributed by atoms with E-state index in [2.05, 4.69) is 25.2 Å². The molecule has 0 aliphatic carbocycles. The average Bonchev–Trinajstić information content (AvgIpc) is 2.28. The monoisotopic (exact) mass is 303 g/mol. The highest BCUT2D eigenvalue weighted by Crippen LogP contribution is 2.36. The van der Waals surface area contributed by atoms with Crippen molar-refractivity contribution in [3.8, 4) is 11.5 Å². The molecule has 0 aliphatic heterocycles. The number of Topliss-reactive ketones (excluding diaryl/α,β-unsaturated/α-hetero) is 1. The first-order chi connectivity index (χ1) is 7.65. The van der Waals surface area contributed by atoms with E-state index in [0.717, 1.165) is 4.47 Å². The van der Waals surface area contributed by atoms with Gasteiger partial charge in [0.05, 0.1) is 18.7 Å². The van der Waals surface area contributed by atoms with Crippen molar-refractivity contribution in [1.29, 1.82) is 0 Å². The lowest BCUT2D eigenvalue weighted by Crippen LogP contribution is -2.06. The lowest BCUT2D eigenvalue weighted by atomic mass is 10.1. The summed E-state index contributed by atoms with van der Waals surface area (Å²) >= 11 is 3.35. The summed E-state index contributed by atoms with van der Waals surface area (Å²) in [5.74, 6) is 1.04. The Balaban J connectivity index is 3.30. The standard InChI is InChI=1S/C11H13BrO3P/c1-14-9-4-3-7(12)11(15-2)10(9)8(13)5-6-16/h3-4,16H,5-6H2,1-2H3/q-1. The molecule has 0 saturated carbocycles. The molecule has 88 valence electrons. The number of hydrogen-bond donors (Lipinski definition) is 0. The van der Waals surface area contributed by atoms with E-state index in [1.807, 2.05) is 0 Å². The molecule has 0 heterocycles. The van der Waals surface area contributed by atoms with Crippen molar-refractivity contribution in [2.45, 2.75) is 6.42 Å². The van der Waals surface area contributed by atoms with Crippen molar-refractivity contribution >= 4 is 31.0 Å². The first-order valence-corrected chi connectivity index (χ1v) is 6.24. The van der Waals surface area contributed by atoms with Crippen LogP contribution >= 0.6 is 25.2 Å². The number of ketones is 1. The van der Waals surface area contributed by atoms with E-state index < -0.39 is 0 Å². The van der Waals surface area contributed by atoms with Gasteiger partial charge in [0.15, 0.2) is 5.78 Å². The zero-order chi connectivity index (χ0) is 12.1. The molecule has 1 rings (SSSR count). The predicted molar refractivity (Wildman–Crippen MR) is 69.4 cm³/mol. The summed E-state index contributed by atoms with van der Waals surface area (Å²) in [5, 5.41) is 0. The lowest BCUT2D eigenvalue weighted by molar-refractivity contribution is 0.0983. The normalized spacial score (nSPS) is 10.0. The fourth-order valence-electron chi connectivity index (χ4n) is 1.41. The molecule has 0 N–H and O–H groups in total. The van der Waals surface area contributed by atoms with Gasteiger partial charge in [-0.3, -0.25) is 4.79 Å². The van der Waals surface area contributed by atoms with Crippen LogP contribution < -0.4 is 9.47 Å². The molecule has 0 fully saturated rings. The van der Waals surface area contributed by atoms with E-state index in [-0.39, 0.29) is 5.78 Å². The zero-order valence-electron chi connectivity index (χ0n) is 9.17. The molecule has 0 saturated heterocycles. The quantitative estimate of drug-likeness (QED) is 0.619. The number of hydrogen-bond acceptors (Lipinski definition) is 3. The van der Waals surface area contributed by atoms with Crippen LogP contribution in [-0.4, -0.2) is 26.2 Å². The van der Waals surface area contributed by atoms with Gasteiger partial charge in [-0.1, -0.05) is 0 Å². The summed E-state index contributed by atoms with van der Waals surface area (Å²) in [6.07, 6.45) is 1.01. The summed E-state index contributed by atoms with van der Waals surface area (Å²) in [7, 11) is 6.36. The second-order valence-corrected chi connectivity index (χ2v) is 4.44. The maximum atomic E-state index is 11.9. The van der Waals surface area contributed by atoms with E-state index >= 15 is 0 Å². The summed E-state index contributed by atoms with van der Waals surface area (Å²) in [6.45, 7) is 0. The molecule has 0 atom stereocenters. The first-order valence-electron chi connectivity index (χ1n) is 4.74. The second-order valence-electron chi connectivity index (χ2n) is 3.08. The lowest BCUT2D eigenvalue weighted by Gasteiger charge is -2.14. The molecule has 0 spiro atoms. The smallest absolute Gasteiger partial charge is 0.168 e. The summed E-state index contributed by atoms with van der Waals surface area (Å²) in [6, 6.07) is 3.54. The third-order valence-electron chi connectivity index (χ3n) is 2.13. The van der Waals surface area contributed by atoms with Crippen LogP contribution in [-0.2, 0) is 0 Å². The van der Waals surface area contributed by atoms with E-state index in [1.165, 1.54) is 14.2 Å². The van der Waals surface area contributed by atoms with Gasteiger partial charge in [-0.2, -0.15) is 6.16 Å². The fraction of sp³-hybridized carbons (Fsp3) is 0.364. The molecule has 0 radical (unpaired) electrons. The Hall–Kier alpha value is -0.600. The van der Waals surface area contributed by atoms with Crippen LogP contribution in [0, 0.1) is 0 Å². The van der Waals surface area contributed by atoms with E-state index in [9.17, 15) is 4.79 Å². The molecule has 1 aromatic carbocycles. The number of carbonyl (C=O) groups is 1. The van der Waals surface area contributed by atoms with Crippen LogP contribution in [0.5, 0.6) is 11.5 Å². The first kappa shape index (κ1) is 13.5. The average molecular weight is 304 g/mol. The number of ether oxygens (including phenoxy) is 2. The molecule has 16 heavy (non-hydrogen) atoms. The highest BCUT2D eigenvalue weighted by Gasteiger charge is 2.19. The molecule has 0 amide bonds. The molecule has 3 nitrogen and oxygen atoms in total. The zero-order valence-corrected chi connectivity index (χ0v) is 11.8. The van der Waals surface area contributed by atoms with E-state index in [0.29, 0.717) is 29.6 Å². The van der Waals surface area contributed by atoms with Crippen molar-refractivity contribution in [1.82, 2.24) is 0 Å². The third-order valence-corrected chi connectivity index (χ3v) is 3.00. The summed E-state index contributed by atoms with van der Waals surface area (Å²) < 4.78 is 11.1. The minimum atomic E-state index is -0.00926. The second kappa shape index (κ2) is 6.21. The Labute approximate surface area is 106 Å². The molecular formula is C11H13BrO3P-. The van der Waals surface area contributed by atoms with Crippen LogP contribution in [0.25, 0.3) is 0 Å². The van der Waals surface area contributed by atoms with Crippen molar-refractivity contribution in [3.63, 3.8) is 0 Å². The van der Waals surface area contributed by atoms with Crippen LogP contribution in [0.4, 0.5) is 0 Å². The third kappa shape index (κ3) is 2.74. The summed E-state index contributed by atoms with van der Waals surface area (Å²) in [4.78, 5) is 11.9. The van der Waals surface area contributed by atoms with Gasteiger partial charge in [0.1, 0.15) is 17.1 Å². The maximum Gasteiger partial charge on any atom is 0.168 e. The predicted octanol–water partition coefficient (Wildman–Crippen LogP) is 3.18. The Morgan fingerprint density at radius 2 is 2.06 bits per heavy atom. The number of rotatable bonds is 5. The van der Waals surface area contributed by atoms with Gasteiger partial charge in [-0.15, -0.1) is 0 Å². The van der Waals surface area contributed by atoms with Crippen LogP contribution in [0.15, 0.2) is 16.6 Å². The Morgan fingerprint density at radius 3 is 2.56 bits per heavy atom. The molecule has 1 aromatic rings. The number of carbonyl (C=O) groups excluding carboxylic acids is 1. The molecule has 5 heteroatoms. The van der Waals surface area contributed by atoms with Crippen LogP contribution in [0.3, 0.4) is 0 Å². The van der Waals surface area contributed by atoms with Gasteiger partial charge in [-0.25, -0.2) is 0 Å². The minimum Gasteiger partial charge on any atom is -0.558 e. The highest BCUT2D eigenvalue weighted by molar-refractivity contribution is 9.10. The Morgan fingerprint density at radius 1 is 1.38 bits per heavy atom. The van der Waals surface area contributed by atoms with Gasteiger partial charge in [-0.05, 0) is 34.5 Å². The Kier molecular flexibility index (Phi) is 5.23. The summed E-state index contributed by atoms with van der Waals surface area (Å²) in [5.41, 5.74) is 0.484. The van der Waals surface area contributed by atoms with Gasteiger partial charge < -0.3 is 18.7 Å². The van der Waals surface area contributed by atoms with Crippen LogP contribution in [0.2, 0.25) is 0 Å². The Bertz CT molecular complexity index is 393. The molecule has 0 aromatic heterocycles. The topological polar surface area (TPSA) is 35.5 Å². The van der Waals surface area contributed by atoms with Crippen molar-refractivity contribution in [2.75, 3.05) is 20.4 Å². The van der Waals surface area contributed by atoms with E-state index in [1.54, 1.807) is 12.1 Å². The number of methoxy groups -OCH3 is 2. The van der Waals surface area contributed by atoms with Crippen LogP contribution in [0.1, 0.15) is 16.8 Å². The SMILES string of the molecule is COc1ccc(Br)c(OC)c1C(=O)CC[PH-]. The molecule has 0 unspecified atom stereocenters. The van der Waals surface area contributed by atoms with E-state index in [4.69, 9.17) is 9.47 Å². The minimum absolute atomic E-state index is 0.00926. The highest BCUT2D eigenvalue weighted by atomic mass is 79.9. The van der Waals surface area contributed by atoms with Gasteiger partial charge >= 0.3 is 0 Å². The van der Waals surface area contributed by atoms with Gasteiger partial charge in [0, 0.05) is 0 Å². The molecule has 0 aliphatic rings. The largest absolute Gasteiger partial charge is 0.558 e. The molecule has 0 bridgehead atoms. The van der Waals surface area contributed by atoms with Gasteiger partial charge in [0.25, 0.3) is 0 Å². The fourth-order valence-corrected chi connectivity index (χ4v) is 2.13. The molecular weight excluding hydrogens is 291 g/mol. The number of benzene rings is 1. The van der Waals surface area contributed by atoms with Crippen molar-refractivity contribution < 1.29 is 14.3 Å².